The zero-order chi connectivity index (χ0) is 19.3. The Hall–Kier alpha value is -2.84. The molecule has 0 spiro atoms. The van der Waals surface area contributed by atoms with E-state index < -0.39 is 0 Å². The second-order valence-electron chi connectivity index (χ2n) is 7.21. The van der Waals surface area contributed by atoms with Crippen LogP contribution in [0.2, 0.25) is 0 Å². The van der Waals surface area contributed by atoms with E-state index in [2.05, 4.69) is 33.3 Å². The van der Waals surface area contributed by atoms with E-state index in [1.165, 1.54) is 21.2 Å². The predicted octanol–water partition coefficient (Wildman–Crippen LogP) is 2.42. The zero-order valence-corrected chi connectivity index (χ0v) is 16.5. The molecule has 142 valence electrons. The van der Waals surface area contributed by atoms with Gasteiger partial charge in [-0.3, -0.25) is 20.1 Å². The van der Waals surface area contributed by atoms with Gasteiger partial charge in [0, 0.05) is 49.2 Å². The summed E-state index contributed by atoms with van der Waals surface area (Å²) < 4.78 is 1.53. The Balaban J connectivity index is 1.45. The maximum absolute atomic E-state index is 12.2. The fourth-order valence-electron chi connectivity index (χ4n) is 3.90. The number of rotatable bonds is 2. The molecule has 0 radical (unpaired) electrons. The molecule has 1 N–H and O–H groups in total. The van der Waals surface area contributed by atoms with Crippen LogP contribution < -0.4 is 11.0 Å². The molecule has 5 rings (SSSR count). The molecule has 28 heavy (non-hydrogen) atoms. The highest BCUT2D eigenvalue weighted by Gasteiger charge is 2.29. The summed E-state index contributed by atoms with van der Waals surface area (Å²) in [6.45, 7) is 5.76. The van der Waals surface area contributed by atoms with Crippen LogP contribution in [0.3, 0.4) is 0 Å². The number of aromatic nitrogens is 4. The maximum Gasteiger partial charge on any atom is 0.272 e. The quantitative estimate of drug-likeness (QED) is 0.722. The molecule has 0 aliphatic carbocycles. The van der Waals surface area contributed by atoms with E-state index in [1.807, 2.05) is 24.7 Å². The van der Waals surface area contributed by atoms with Gasteiger partial charge in [-0.05, 0) is 37.1 Å². The van der Waals surface area contributed by atoms with Gasteiger partial charge in [0.1, 0.15) is 6.17 Å². The molecule has 0 bridgehead atoms. The van der Waals surface area contributed by atoms with E-state index in [-0.39, 0.29) is 11.7 Å². The fraction of sp³-hybridized carbons (Fsp3) is 0.300. The molecule has 0 saturated carbocycles. The van der Waals surface area contributed by atoms with Crippen LogP contribution in [-0.4, -0.2) is 37.2 Å². The number of hydrogen-bond donors (Lipinski definition) is 1. The van der Waals surface area contributed by atoms with Crippen molar-refractivity contribution in [3.8, 4) is 10.4 Å². The first-order valence-corrected chi connectivity index (χ1v) is 10.1. The first kappa shape index (κ1) is 17.3. The fourth-order valence-corrected chi connectivity index (χ4v) is 4.69. The summed E-state index contributed by atoms with van der Waals surface area (Å²) in [5.74, 6) is 0.642. The van der Waals surface area contributed by atoms with Gasteiger partial charge in [0.2, 0.25) is 0 Å². The smallest absolute Gasteiger partial charge is 0.272 e. The van der Waals surface area contributed by atoms with Crippen molar-refractivity contribution in [1.29, 1.82) is 0 Å². The molecule has 1 atom stereocenters. The number of nitrogens with one attached hydrogen (secondary N) is 1. The number of aryl methyl sites for hydroxylation is 1. The molecule has 0 saturated heterocycles. The van der Waals surface area contributed by atoms with Crippen LogP contribution in [0.1, 0.15) is 29.7 Å². The normalized spacial score (nSPS) is 18.8. The third-order valence-electron chi connectivity index (χ3n) is 5.35. The third-order valence-corrected chi connectivity index (χ3v) is 6.33. The Morgan fingerprint density at radius 2 is 2.14 bits per heavy atom. The molecule has 3 aromatic rings. The number of thiazole rings is 1. The van der Waals surface area contributed by atoms with Gasteiger partial charge in [-0.1, -0.05) is 0 Å². The van der Waals surface area contributed by atoms with Crippen molar-refractivity contribution in [2.24, 2.45) is 0 Å². The summed E-state index contributed by atoms with van der Waals surface area (Å²) >= 11 is 1.65. The number of pyridine rings is 1. The first-order chi connectivity index (χ1) is 13.6. The van der Waals surface area contributed by atoms with E-state index in [0.29, 0.717) is 5.82 Å². The van der Waals surface area contributed by atoms with Gasteiger partial charge in [-0.25, -0.2) is 14.6 Å². The van der Waals surface area contributed by atoms with Crippen molar-refractivity contribution in [2.45, 2.75) is 33.0 Å². The second kappa shape index (κ2) is 6.65. The van der Waals surface area contributed by atoms with Gasteiger partial charge < -0.3 is 0 Å². The van der Waals surface area contributed by atoms with Gasteiger partial charge >= 0.3 is 0 Å². The molecule has 7 nitrogen and oxygen atoms in total. The van der Waals surface area contributed by atoms with Crippen molar-refractivity contribution < 1.29 is 0 Å². The molecule has 0 amide bonds. The molecule has 1 unspecified atom stereocenters. The summed E-state index contributed by atoms with van der Waals surface area (Å²) in [6.07, 6.45) is 6.33. The van der Waals surface area contributed by atoms with Crippen LogP contribution in [0.5, 0.6) is 0 Å². The van der Waals surface area contributed by atoms with E-state index in [0.717, 1.165) is 42.0 Å². The lowest BCUT2D eigenvalue weighted by molar-refractivity contribution is 0.205. The number of nitrogens with zero attached hydrogens (tertiary/aromatic N) is 5. The lowest BCUT2D eigenvalue weighted by atomic mass is 10.0. The molecule has 5 heterocycles. The van der Waals surface area contributed by atoms with Crippen LogP contribution in [0.25, 0.3) is 16.5 Å². The Kier molecular flexibility index (Phi) is 4.10. The van der Waals surface area contributed by atoms with Gasteiger partial charge in [0.25, 0.3) is 5.56 Å². The SMILES string of the molecule is CC1=Cc2nccc(=O)n2NC1N1CCc2ncc(-c3scnc3C)cc2C1. The first-order valence-electron chi connectivity index (χ1n) is 9.25. The van der Waals surface area contributed by atoms with Gasteiger partial charge in [-0.2, -0.15) is 0 Å². The Bertz CT molecular complexity index is 1150. The average Bonchev–Trinajstić information content (AvgIpc) is 3.13. The summed E-state index contributed by atoms with van der Waals surface area (Å²) in [4.78, 5) is 29.1. The highest BCUT2D eigenvalue weighted by molar-refractivity contribution is 7.13. The summed E-state index contributed by atoms with van der Waals surface area (Å²) in [5.41, 5.74) is 10.8. The summed E-state index contributed by atoms with van der Waals surface area (Å²) in [6, 6.07) is 3.71. The Morgan fingerprint density at radius 3 is 2.96 bits per heavy atom. The van der Waals surface area contributed by atoms with Crippen LogP contribution in [0, 0.1) is 6.92 Å². The summed E-state index contributed by atoms with van der Waals surface area (Å²) in [5, 5.41) is 0. The van der Waals surface area contributed by atoms with Crippen molar-refractivity contribution >= 4 is 17.4 Å². The molecule has 0 fully saturated rings. The second-order valence-corrected chi connectivity index (χ2v) is 8.07. The van der Waals surface area contributed by atoms with Crippen molar-refractivity contribution in [1.82, 2.24) is 24.5 Å². The standard InChI is InChI=1S/C20H20N6OS/c1-12-7-17-21-5-3-18(27)26(17)24-20(12)25-6-4-16-15(10-25)8-14(9-22-16)19-13(2)23-11-28-19/h3,5,7-9,11,20,24H,4,6,10H2,1-2H3. The molecule has 0 aromatic carbocycles. The van der Waals surface area contributed by atoms with Gasteiger partial charge in [-0.15, -0.1) is 11.3 Å². The molecular formula is C20H20N6OS. The Morgan fingerprint density at radius 1 is 1.25 bits per heavy atom. The number of fused-ring (bicyclic) bond motifs is 2. The van der Waals surface area contributed by atoms with E-state index in [1.54, 1.807) is 17.5 Å². The van der Waals surface area contributed by atoms with Crippen LogP contribution in [0.15, 0.2) is 40.4 Å². The van der Waals surface area contributed by atoms with Crippen molar-refractivity contribution in [3.63, 3.8) is 0 Å². The van der Waals surface area contributed by atoms with Crippen molar-refractivity contribution in [3.05, 3.63) is 68.7 Å². The molecule has 2 aliphatic heterocycles. The zero-order valence-electron chi connectivity index (χ0n) is 15.7. The highest BCUT2D eigenvalue weighted by Crippen LogP contribution is 2.30. The minimum absolute atomic E-state index is 0.0450. The minimum atomic E-state index is -0.0965. The van der Waals surface area contributed by atoms with Crippen LogP contribution in [-0.2, 0) is 13.0 Å². The average molecular weight is 392 g/mol. The largest absolute Gasteiger partial charge is 0.300 e. The predicted molar refractivity (Wildman–Crippen MR) is 109 cm³/mol. The lowest BCUT2D eigenvalue weighted by Crippen LogP contribution is -2.51. The monoisotopic (exact) mass is 392 g/mol. The van der Waals surface area contributed by atoms with E-state index in [4.69, 9.17) is 4.98 Å². The highest BCUT2D eigenvalue weighted by atomic mass is 32.1. The molecular weight excluding hydrogens is 372 g/mol. The lowest BCUT2D eigenvalue weighted by Gasteiger charge is -2.38. The molecule has 3 aromatic heterocycles. The van der Waals surface area contributed by atoms with Crippen molar-refractivity contribution in [2.75, 3.05) is 12.0 Å². The molecule has 2 aliphatic rings. The summed E-state index contributed by atoms with van der Waals surface area (Å²) in [7, 11) is 0. The van der Waals surface area contributed by atoms with Crippen LogP contribution >= 0.6 is 11.3 Å². The molecule has 8 heteroatoms. The van der Waals surface area contributed by atoms with Gasteiger partial charge in [0.15, 0.2) is 5.82 Å². The minimum Gasteiger partial charge on any atom is -0.300 e. The Labute approximate surface area is 166 Å². The third kappa shape index (κ3) is 2.85. The number of hydrogen-bond acceptors (Lipinski definition) is 7. The van der Waals surface area contributed by atoms with E-state index >= 15 is 0 Å². The van der Waals surface area contributed by atoms with E-state index in [9.17, 15) is 4.79 Å². The topological polar surface area (TPSA) is 75.9 Å². The maximum atomic E-state index is 12.2. The van der Waals surface area contributed by atoms with Gasteiger partial charge in [0.05, 0.1) is 16.1 Å². The van der Waals surface area contributed by atoms with Crippen LogP contribution in [0.4, 0.5) is 0 Å².